The van der Waals surface area contributed by atoms with E-state index in [-0.39, 0.29) is 18.9 Å². The van der Waals surface area contributed by atoms with E-state index < -0.39 is 5.97 Å². The maximum absolute atomic E-state index is 11.6. The Morgan fingerprint density at radius 1 is 1.38 bits per heavy atom. The summed E-state index contributed by atoms with van der Waals surface area (Å²) in [6.07, 6.45) is 3.27. The van der Waals surface area contributed by atoms with Crippen molar-refractivity contribution in [2.24, 2.45) is 0 Å². The number of H-pyrrole nitrogens is 1. The zero-order valence-electron chi connectivity index (χ0n) is 11.5. The first-order valence-electron chi connectivity index (χ1n) is 6.40. The molecular weight excluding hydrogens is 294 g/mol. The third kappa shape index (κ3) is 4.42. The summed E-state index contributed by atoms with van der Waals surface area (Å²) in [5, 5.41) is 3.25. The van der Waals surface area contributed by atoms with Gasteiger partial charge >= 0.3 is 5.97 Å². The van der Waals surface area contributed by atoms with Crippen molar-refractivity contribution in [3.05, 3.63) is 12.7 Å². The number of aromatic nitrogens is 4. The van der Waals surface area contributed by atoms with Crippen LogP contribution in [0.2, 0.25) is 0 Å². The van der Waals surface area contributed by atoms with Gasteiger partial charge in [0, 0.05) is 12.2 Å². The molecule has 0 saturated heterocycles. The molecule has 0 atom stereocenters. The average molecular weight is 309 g/mol. The molecule has 21 heavy (non-hydrogen) atoms. The molecule has 8 nitrogen and oxygen atoms in total. The van der Waals surface area contributed by atoms with Crippen LogP contribution in [0.3, 0.4) is 0 Å². The molecule has 0 aliphatic carbocycles. The van der Waals surface area contributed by atoms with E-state index in [1.54, 1.807) is 13.3 Å². The zero-order chi connectivity index (χ0) is 15.1. The SMILES string of the molecule is CCOC(=O)CNC(=O)CCSc1ncnc2nc[nH]c12. The summed E-state index contributed by atoms with van der Waals surface area (Å²) >= 11 is 1.43. The summed E-state index contributed by atoms with van der Waals surface area (Å²) in [5.74, 6) is -0.0984. The largest absolute Gasteiger partial charge is 0.465 e. The number of hydrogen-bond acceptors (Lipinski definition) is 7. The van der Waals surface area contributed by atoms with Gasteiger partial charge in [-0.15, -0.1) is 11.8 Å². The molecule has 9 heteroatoms. The first-order valence-corrected chi connectivity index (χ1v) is 7.38. The van der Waals surface area contributed by atoms with Gasteiger partial charge < -0.3 is 15.0 Å². The Kier molecular flexibility index (Phi) is 5.50. The van der Waals surface area contributed by atoms with E-state index in [1.165, 1.54) is 18.1 Å². The second-order valence-corrected chi connectivity index (χ2v) is 5.04. The molecule has 0 saturated carbocycles. The Morgan fingerprint density at radius 3 is 3.05 bits per heavy atom. The van der Waals surface area contributed by atoms with Gasteiger partial charge in [-0.25, -0.2) is 15.0 Å². The summed E-state index contributed by atoms with van der Waals surface area (Å²) in [6, 6.07) is 0. The van der Waals surface area contributed by atoms with Crippen LogP contribution < -0.4 is 5.32 Å². The number of esters is 1. The fraction of sp³-hybridized carbons (Fsp3) is 0.417. The second kappa shape index (κ2) is 7.58. The fourth-order valence-electron chi connectivity index (χ4n) is 1.56. The highest BCUT2D eigenvalue weighted by molar-refractivity contribution is 7.99. The first-order chi connectivity index (χ1) is 10.2. The van der Waals surface area contributed by atoms with Crippen LogP contribution in [0.5, 0.6) is 0 Å². The van der Waals surface area contributed by atoms with E-state index in [1.807, 2.05) is 0 Å². The number of hydrogen-bond donors (Lipinski definition) is 2. The monoisotopic (exact) mass is 309 g/mol. The lowest BCUT2D eigenvalue weighted by Gasteiger charge is -2.05. The molecule has 0 radical (unpaired) electrons. The van der Waals surface area contributed by atoms with Gasteiger partial charge in [-0.1, -0.05) is 0 Å². The normalized spacial score (nSPS) is 10.5. The molecular formula is C12H15N5O3S. The zero-order valence-corrected chi connectivity index (χ0v) is 12.3. The van der Waals surface area contributed by atoms with Crippen molar-refractivity contribution in [2.75, 3.05) is 18.9 Å². The van der Waals surface area contributed by atoms with E-state index in [4.69, 9.17) is 4.74 Å². The average Bonchev–Trinajstić information content (AvgIpc) is 2.95. The molecule has 0 aliphatic heterocycles. The molecule has 2 rings (SSSR count). The number of carbonyl (C=O) groups excluding carboxylic acids is 2. The van der Waals surface area contributed by atoms with Crippen molar-refractivity contribution in [2.45, 2.75) is 18.4 Å². The summed E-state index contributed by atoms with van der Waals surface area (Å²) < 4.78 is 4.72. The molecule has 2 aromatic rings. The van der Waals surface area contributed by atoms with E-state index >= 15 is 0 Å². The van der Waals surface area contributed by atoms with Crippen LogP contribution in [-0.4, -0.2) is 50.7 Å². The van der Waals surface area contributed by atoms with E-state index in [2.05, 4.69) is 25.3 Å². The number of aromatic amines is 1. The van der Waals surface area contributed by atoms with E-state index in [9.17, 15) is 9.59 Å². The second-order valence-electron chi connectivity index (χ2n) is 3.96. The van der Waals surface area contributed by atoms with Gasteiger partial charge in [-0.3, -0.25) is 9.59 Å². The van der Waals surface area contributed by atoms with Gasteiger partial charge in [0.15, 0.2) is 5.65 Å². The maximum atomic E-state index is 11.6. The van der Waals surface area contributed by atoms with Crippen LogP contribution in [-0.2, 0) is 14.3 Å². The number of thioether (sulfide) groups is 1. The van der Waals surface area contributed by atoms with Crippen molar-refractivity contribution < 1.29 is 14.3 Å². The number of fused-ring (bicyclic) bond motifs is 1. The Hall–Kier alpha value is -2.16. The first kappa shape index (κ1) is 15.2. The van der Waals surface area contributed by atoms with Gasteiger partial charge in [0.05, 0.1) is 12.9 Å². The predicted molar refractivity (Wildman–Crippen MR) is 76.7 cm³/mol. The van der Waals surface area contributed by atoms with Crippen molar-refractivity contribution in [3.63, 3.8) is 0 Å². The van der Waals surface area contributed by atoms with Gasteiger partial charge in [0.2, 0.25) is 5.91 Å². The third-order valence-electron chi connectivity index (χ3n) is 2.49. The molecule has 0 unspecified atom stereocenters. The van der Waals surface area contributed by atoms with Crippen molar-refractivity contribution in [3.8, 4) is 0 Å². The number of amides is 1. The summed E-state index contributed by atoms with van der Waals surface area (Å²) in [6.45, 7) is 1.92. The van der Waals surface area contributed by atoms with Gasteiger partial charge in [-0.05, 0) is 6.92 Å². The van der Waals surface area contributed by atoms with Crippen molar-refractivity contribution >= 4 is 34.8 Å². The number of rotatable bonds is 7. The highest BCUT2D eigenvalue weighted by Gasteiger charge is 2.09. The van der Waals surface area contributed by atoms with Gasteiger partial charge in [0.1, 0.15) is 23.4 Å². The molecule has 2 aromatic heterocycles. The third-order valence-corrected chi connectivity index (χ3v) is 3.48. The number of nitrogens with one attached hydrogen (secondary N) is 2. The molecule has 0 spiro atoms. The molecule has 2 N–H and O–H groups in total. The minimum Gasteiger partial charge on any atom is -0.465 e. The lowest BCUT2D eigenvalue weighted by molar-refractivity contribution is -0.143. The molecule has 0 aliphatic rings. The number of ether oxygens (including phenoxy) is 1. The summed E-state index contributed by atoms with van der Waals surface area (Å²) in [5.41, 5.74) is 1.36. The molecule has 2 heterocycles. The van der Waals surface area contributed by atoms with Gasteiger partial charge in [-0.2, -0.15) is 0 Å². The van der Waals surface area contributed by atoms with Crippen LogP contribution in [0.15, 0.2) is 17.7 Å². The summed E-state index contributed by atoms with van der Waals surface area (Å²) in [7, 11) is 0. The van der Waals surface area contributed by atoms with Crippen LogP contribution in [0.25, 0.3) is 11.2 Å². The number of carbonyl (C=O) groups is 2. The Bertz CT molecular complexity index is 630. The van der Waals surface area contributed by atoms with Crippen molar-refractivity contribution in [1.29, 1.82) is 0 Å². The topological polar surface area (TPSA) is 110 Å². The Labute approximate surface area is 125 Å². The van der Waals surface area contributed by atoms with Gasteiger partial charge in [0.25, 0.3) is 0 Å². The Morgan fingerprint density at radius 2 is 2.24 bits per heavy atom. The molecule has 0 aromatic carbocycles. The predicted octanol–water partition coefficient (Wildman–Crippen LogP) is 0.514. The smallest absolute Gasteiger partial charge is 0.325 e. The van der Waals surface area contributed by atoms with Crippen molar-refractivity contribution in [1.82, 2.24) is 25.3 Å². The van der Waals surface area contributed by atoms with Crippen LogP contribution in [0, 0.1) is 0 Å². The molecule has 0 fully saturated rings. The van der Waals surface area contributed by atoms with E-state index in [0.717, 1.165) is 10.5 Å². The lowest BCUT2D eigenvalue weighted by atomic mass is 10.4. The highest BCUT2D eigenvalue weighted by atomic mass is 32.2. The maximum Gasteiger partial charge on any atom is 0.325 e. The minimum atomic E-state index is -0.437. The van der Waals surface area contributed by atoms with E-state index in [0.29, 0.717) is 18.0 Å². The highest BCUT2D eigenvalue weighted by Crippen LogP contribution is 2.22. The molecule has 0 bridgehead atoms. The van der Waals surface area contributed by atoms with Crippen LogP contribution in [0.1, 0.15) is 13.3 Å². The van der Waals surface area contributed by atoms with Crippen LogP contribution >= 0.6 is 11.8 Å². The quantitative estimate of drug-likeness (QED) is 0.435. The molecule has 1 amide bonds. The Balaban J connectivity index is 1.75. The lowest BCUT2D eigenvalue weighted by Crippen LogP contribution is -2.30. The van der Waals surface area contributed by atoms with Crippen LogP contribution in [0.4, 0.5) is 0 Å². The summed E-state index contributed by atoms with van der Waals surface area (Å²) in [4.78, 5) is 37.8. The minimum absolute atomic E-state index is 0.102. The number of nitrogens with zero attached hydrogens (tertiary/aromatic N) is 3. The fourth-order valence-corrected chi connectivity index (χ4v) is 2.46. The molecule has 112 valence electrons. The standard InChI is InChI=1S/C12H15N5O3S/c1-2-20-9(19)5-13-8(18)3-4-21-12-10-11(15-6-14-10)16-7-17-12/h6-7H,2-5H2,1H3,(H,13,18)(H,14,15,16,17). The number of imidazole rings is 1.